The molecule has 0 bridgehead atoms. The SMILES string of the molecule is NCC1(OCCO)CCCC1. The van der Waals surface area contributed by atoms with E-state index in [0.29, 0.717) is 13.2 Å². The van der Waals surface area contributed by atoms with Gasteiger partial charge in [0.1, 0.15) is 0 Å². The van der Waals surface area contributed by atoms with Gasteiger partial charge < -0.3 is 15.6 Å². The highest BCUT2D eigenvalue weighted by Crippen LogP contribution is 2.31. The van der Waals surface area contributed by atoms with Crippen LogP contribution < -0.4 is 5.73 Å². The molecule has 0 amide bonds. The van der Waals surface area contributed by atoms with Crippen molar-refractivity contribution in [1.82, 2.24) is 0 Å². The minimum absolute atomic E-state index is 0.0945. The van der Waals surface area contributed by atoms with Crippen LogP contribution in [0.25, 0.3) is 0 Å². The molecular weight excluding hydrogens is 142 g/mol. The molecule has 3 heteroatoms. The standard InChI is InChI=1S/C8H17NO2/c9-7-8(11-6-5-10)3-1-2-4-8/h10H,1-7,9H2. The molecule has 0 aliphatic heterocycles. The normalized spacial score (nSPS) is 22.4. The summed E-state index contributed by atoms with van der Waals surface area (Å²) in [6.45, 7) is 1.12. The van der Waals surface area contributed by atoms with Crippen LogP contribution in [-0.2, 0) is 4.74 Å². The predicted octanol–water partition coefficient (Wildman–Crippen LogP) is 0.267. The highest BCUT2D eigenvalue weighted by molar-refractivity contribution is 4.87. The van der Waals surface area contributed by atoms with Gasteiger partial charge >= 0.3 is 0 Å². The zero-order chi connectivity index (χ0) is 8.16. The zero-order valence-electron chi connectivity index (χ0n) is 6.88. The first-order valence-electron chi connectivity index (χ1n) is 4.28. The number of hydrogen-bond donors (Lipinski definition) is 2. The fraction of sp³-hybridized carbons (Fsp3) is 1.00. The van der Waals surface area contributed by atoms with E-state index in [1.54, 1.807) is 0 Å². The molecule has 0 spiro atoms. The molecule has 3 nitrogen and oxygen atoms in total. The number of aliphatic hydroxyl groups excluding tert-OH is 1. The van der Waals surface area contributed by atoms with Crippen LogP contribution in [0.15, 0.2) is 0 Å². The molecule has 1 aliphatic rings. The second-order valence-electron chi connectivity index (χ2n) is 3.17. The van der Waals surface area contributed by atoms with E-state index in [0.717, 1.165) is 12.8 Å². The second kappa shape index (κ2) is 4.04. The van der Waals surface area contributed by atoms with Gasteiger partial charge in [0.15, 0.2) is 0 Å². The predicted molar refractivity (Wildman–Crippen MR) is 43.3 cm³/mol. The minimum atomic E-state index is -0.0945. The summed E-state index contributed by atoms with van der Waals surface area (Å²) in [6.07, 6.45) is 4.54. The van der Waals surface area contributed by atoms with Crippen LogP contribution in [0.2, 0.25) is 0 Å². The average molecular weight is 159 g/mol. The van der Waals surface area contributed by atoms with Crippen molar-refractivity contribution < 1.29 is 9.84 Å². The van der Waals surface area contributed by atoms with Gasteiger partial charge in [0.05, 0.1) is 18.8 Å². The van der Waals surface area contributed by atoms with Gasteiger partial charge in [-0.2, -0.15) is 0 Å². The lowest BCUT2D eigenvalue weighted by Gasteiger charge is -2.27. The van der Waals surface area contributed by atoms with E-state index in [-0.39, 0.29) is 12.2 Å². The lowest BCUT2D eigenvalue weighted by molar-refractivity contribution is -0.0471. The van der Waals surface area contributed by atoms with E-state index >= 15 is 0 Å². The lowest BCUT2D eigenvalue weighted by Crippen LogP contribution is -2.38. The minimum Gasteiger partial charge on any atom is -0.394 e. The highest BCUT2D eigenvalue weighted by Gasteiger charge is 2.32. The zero-order valence-corrected chi connectivity index (χ0v) is 6.88. The molecular formula is C8H17NO2. The molecule has 3 N–H and O–H groups in total. The third kappa shape index (κ3) is 2.15. The number of aliphatic hydroxyl groups is 1. The van der Waals surface area contributed by atoms with Crippen molar-refractivity contribution in [2.75, 3.05) is 19.8 Å². The molecule has 66 valence electrons. The molecule has 1 fully saturated rings. The van der Waals surface area contributed by atoms with Crippen LogP contribution in [0, 0.1) is 0 Å². The van der Waals surface area contributed by atoms with Crippen LogP contribution in [0.3, 0.4) is 0 Å². The third-order valence-corrected chi connectivity index (χ3v) is 2.39. The Labute approximate surface area is 67.5 Å². The van der Waals surface area contributed by atoms with Gasteiger partial charge in [-0.3, -0.25) is 0 Å². The van der Waals surface area contributed by atoms with Crippen molar-refractivity contribution in [2.45, 2.75) is 31.3 Å². The number of nitrogens with two attached hydrogens (primary N) is 1. The van der Waals surface area contributed by atoms with Gasteiger partial charge in [-0.25, -0.2) is 0 Å². The summed E-state index contributed by atoms with van der Waals surface area (Å²) >= 11 is 0. The van der Waals surface area contributed by atoms with Crippen LogP contribution in [0.4, 0.5) is 0 Å². The lowest BCUT2D eigenvalue weighted by atomic mass is 10.0. The fourth-order valence-electron chi connectivity index (χ4n) is 1.69. The molecule has 0 unspecified atom stereocenters. The van der Waals surface area contributed by atoms with E-state index < -0.39 is 0 Å². The van der Waals surface area contributed by atoms with Crippen molar-refractivity contribution in [3.63, 3.8) is 0 Å². The average Bonchev–Trinajstić information content (AvgIpc) is 2.50. The molecule has 0 aromatic rings. The first-order chi connectivity index (χ1) is 5.33. The maximum Gasteiger partial charge on any atom is 0.0805 e. The van der Waals surface area contributed by atoms with Crippen LogP contribution in [0.1, 0.15) is 25.7 Å². The van der Waals surface area contributed by atoms with Crippen LogP contribution >= 0.6 is 0 Å². The summed E-state index contributed by atoms with van der Waals surface area (Å²) in [5.41, 5.74) is 5.51. The molecule has 1 aliphatic carbocycles. The van der Waals surface area contributed by atoms with Crippen molar-refractivity contribution in [2.24, 2.45) is 5.73 Å². The topological polar surface area (TPSA) is 55.5 Å². The van der Waals surface area contributed by atoms with Crippen molar-refractivity contribution >= 4 is 0 Å². The smallest absolute Gasteiger partial charge is 0.0805 e. The Morgan fingerprint density at radius 2 is 2.00 bits per heavy atom. The van der Waals surface area contributed by atoms with Crippen molar-refractivity contribution in [1.29, 1.82) is 0 Å². The molecule has 1 rings (SSSR count). The number of rotatable bonds is 4. The van der Waals surface area contributed by atoms with Gasteiger partial charge in [-0.15, -0.1) is 0 Å². The number of hydrogen-bond acceptors (Lipinski definition) is 3. The fourth-order valence-corrected chi connectivity index (χ4v) is 1.69. The summed E-state index contributed by atoms with van der Waals surface area (Å²) in [5.74, 6) is 0. The Hall–Kier alpha value is -0.120. The Bertz CT molecular complexity index is 111. The first kappa shape index (κ1) is 8.97. The monoisotopic (exact) mass is 159 g/mol. The van der Waals surface area contributed by atoms with Gasteiger partial charge in [-0.05, 0) is 12.8 Å². The van der Waals surface area contributed by atoms with E-state index in [2.05, 4.69) is 0 Å². The maximum atomic E-state index is 8.57. The van der Waals surface area contributed by atoms with Gasteiger partial charge in [0.25, 0.3) is 0 Å². The molecule has 0 heterocycles. The molecule has 0 saturated heterocycles. The Morgan fingerprint density at radius 3 is 2.45 bits per heavy atom. The largest absolute Gasteiger partial charge is 0.394 e. The highest BCUT2D eigenvalue weighted by atomic mass is 16.5. The third-order valence-electron chi connectivity index (χ3n) is 2.39. The summed E-state index contributed by atoms with van der Waals surface area (Å²) < 4.78 is 5.51. The maximum absolute atomic E-state index is 8.57. The first-order valence-corrected chi connectivity index (χ1v) is 4.28. The Balaban J connectivity index is 2.33. The Kier molecular flexibility index (Phi) is 3.30. The van der Waals surface area contributed by atoms with E-state index in [9.17, 15) is 0 Å². The molecule has 0 aromatic carbocycles. The number of ether oxygens (including phenoxy) is 1. The van der Waals surface area contributed by atoms with E-state index in [1.165, 1.54) is 12.8 Å². The van der Waals surface area contributed by atoms with Crippen LogP contribution in [0.5, 0.6) is 0 Å². The molecule has 0 radical (unpaired) electrons. The summed E-state index contributed by atoms with van der Waals surface area (Å²) in [7, 11) is 0. The summed E-state index contributed by atoms with van der Waals surface area (Å²) in [4.78, 5) is 0. The Morgan fingerprint density at radius 1 is 1.36 bits per heavy atom. The quantitative estimate of drug-likeness (QED) is 0.619. The molecule has 1 saturated carbocycles. The van der Waals surface area contributed by atoms with Crippen molar-refractivity contribution in [3.8, 4) is 0 Å². The second-order valence-corrected chi connectivity index (χ2v) is 3.17. The van der Waals surface area contributed by atoms with Gasteiger partial charge in [0.2, 0.25) is 0 Å². The molecule has 0 aromatic heterocycles. The summed E-state index contributed by atoms with van der Waals surface area (Å²) in [6, 6.07) is 0. The van der Waals surface area contributed by atoms with Crippen LogP contribution in [-0.4, -0.2) is 30.5 Å². The van der Waals surface area contributed by atoms with E-state index in [1.807, 2.05) is 0 Å². The van der Waals surface area contributed by atoms with Gasteiger partial charge in [-0.1, -0.05) is 12.8 Å². The van der Waals surface area contributed by atoms with E-state index in [4.69, 9.17) is 15.6 Å². The van der Waals surface area contributed by atoms with Gasteiger partial charge in [0, 0.05) is 6.54 Å². The van der Waals surface area contributed by atoms with Crippen molar-refractivity contribution in [3.05, 3.63) is 0 Å². The molecule has 0 atom stereocenters. The molecule has 11 heavy (non-hydrogen) atoms. The summed E-state index contributed by atoms with van der Waals surface area (Å²) in [5, 5.41) is 8.57.